The molecule has 4 rings (SSSR count). The molecule has 0 spiro atoms. The maximum atomic E-state index is 13.3. The van der Waals surface area contributed by atoms with Gasteiger partial charge in [0.15, 0.2) is 0 Å². The smallest absolute Gasteiger partial charge is 0.338 e. The minimum Gasteiger partial charge on any atom is -0.508 e. The number of amides is 1. The van der Waals surface area contributed by atoms with Crippen molar-refractivity contribution in [3.05, 3.63) is 94.6 Å². The third-order valence-corrected chi connectivity index (χ3v) is 5.92. The van der Waals surface area contributed by atoms with E-state index in [9.17, 15) is 24.6 Å². The van der Waals surface area contributed by atoms with Gasteiger partial charge >= 0.3 is 5.97 Å². The highest BCUT2D eigenvalue weighted by Gasteiger charge is 2.47. The van der Waals surface area contributed by atoms with Gasteiger partial charge in [0.1, 0.15) is 17.3 Å². The lowest BCUT2D eigenvalue weighted by molar-refractivity contribution is -0.132. The molecule has 2 N–H and O–H groups in total. The number of ketones is 1. The van der Waals surface area contributed by atoms with Crippen LogP contribution >= 0.6 is 0 Å². The topological polar surface area (TPSA) is 113 Å². The zero-order valence-corrected chi connectivity index (χ0v) is 20.0. The molecule has 1 aliphatic rings. The SMILES string of the molecule is CCOC(=O)c1ccc(N2C(=O)C(=O)/C(=C(/O)c3cc(C)ccc3OC)C2c2ccc(O)cc2)cc1. The predicted octanol–water partition coefficient (Wildman–Crippen LogP) is 4.51. The van der Waals surface area contributed by atoms with Gasteiger partial charge < -0.3 is 19.7 Å². The number of benzene rings is 3. The van der Waals surface area contributed by atoms with Gasteiger partial charge in [-0.05, 0) is 67.9 Å². The van der Waals surface area contributed by atoms with Crippen LogP contribution in [0.15, 0.2) is 72.3 Å². The fraction of sp³-hybridized carbons (Fsp3) is 0.179. The molecular weight excluding hydrogens is 462 g/mol. The summed E-state index contributed by atoms with van der Waals surface area (Å²) in [6.07, 6.45) is 0. The number of carbonyl (C=O) groups is 3. The normalized spacial score (nSPS) is 16.8. The number of phenolic OH excluding ortho intramolecular Hbond substituents is 1. The van der Waals surface area contributed by atoms with E-state index in [-0.39, 0.29) is 29.3 Å². The first kappa shape index (κ1) is 24.5. The number of rotatable bonds is 6. The number of ether oxygens (including phenoxy) is 2. The Morgan fingerprint density at radius 3 is 2.28 bits per heavy atom. The van der Waals surface area contributed by atoms with Crippen molar-refractivity contribution in [1.82, 2.24) is 0 Å². The molecule has 1 fully saturated rings. The van der Waals surface area contributed by atoms with E-state index in [1.165, 1.54) is 48.4 Å². The van der Waals surface area contributed by atoms with E-state index in [0.717, 1.165) is 5.56 Å². The molecule has 1 amide bonds. The van der Waals surface area contributed by atoms with E-state index in [1.54, 1.807) is 37.3 Å². The second kappa shape index (κ2) is 9.95. The molecule has 1 unspecified atom stereocenters. The summed E-state index contributed by atoms with van der Waals surface area (Å²) in [5, 5.41) is 21.2. The lowest BCUT2D eigenvalue weighted by Crippen LogP contribution is -2.29. The number of hydrogen-bond acceptors (Lipinski definition) is 7. The van der Waals surface area contributed by atoms with Crippen molar-refractivity contribution in [3.8, 4) is 11.5 Å². The summed E-state index contributed by atoms with van der Waals surface area (Å²) in [5.74, 6) is -2.25. The van der Waals surface area contributed by atoms with Crippen LogP contribution in [0.1, 0.15) is 40.0 Å². The molecule has 0 saturated carbocycles. The molecule has 1 saturated heterocycles. The van der Waals surface area contributed by atoms with E-state index >= 15 is 0 Å². The highest BCUT2D eigenvalue weighted by molar-refractivity contribution is 6.51. The Hall–Kier alpha value is -4.59. The molecule has 0 aromatic heterocycles. The zero-order valence-electron chi connectivity index (χ0n) is 20.0. The monoisotopic (exact) mass is 487 g/mol. The van der Waals surface area contributed by atoms with E-state index in [2.05, 4.69) is 0 Å². The van der Waals surface area contributed by atoms with Crippen molar-refractivity contribution in [2.24, 2.45) is 0 Å². The van der Waals surface area contributed by atoms with Crippen LogP contribution in [0.3, 0.4) is 0 Å². The summed E-state index contributed by atoms with van der Waals surface area (Å²) in [7, 11) is 1.45. The van der Waals surface area contributed by atoms with E-state index in [1.807, 2.05) is 6.92 Å². The lowest BCUT2D eigenvalue weighted by atomic mass is 9.94. The van der Waals surface area contributed by atoms with Gasteiger partial charge in [0.25, 0.3) is 11.7 Å². The van der Waals surface area contributed by atoms with Gasteiger partial charge in [-0.25, -0.2) is 4.79 Å². The Bertz CT molecular complexity index is 1360. The molecule has 1 heterocycles. The van der Waals surface area contributed by atoms with Gasteiger partial charge in [-0.3, -0.25) is 14.5 Å². The molecule has 184 valence electrons. The number of Topliss-reactive ketones (excluding diaryl/α,β-unsaturated/α-hetero) is 1. The molecule has 1 atom stereocenters. The first-order chi connectivity index (χ1) is 17.3. The summed E-state index contributed by atoms with van der Waals surface area (Å²) in [6.45, 7) is 3.75. The van der Waals surface area contributed by atoms with Crippen LogP contribution in [-0.2, 0) is 14.3 Å². The number of methoxy groups -OCH3 is 1. The van der Waals surface area contributed by atoms with Gasteiger partial charge in [-0.2, -0.15) is 0 Å². The van der Waals surface area contributed by atoms with E-state index < -0.39 is 23.7 Å². The van der Waals surface area contributed by atoms with Crippen LogP contribution in [0.5, 0.6) is 11.5 Å². The average Bonchev–Trinajstić information content (AvgIpc) is 3.14. The summed E-state index contributed by atoms with van der Waals surface area (Å²) in [5.41, 5.74) is 2.11. The van der Waals surface area contributed by atoms with Crippen LogP contribution in [0, 0.1) is 6.92 Å². The predicted molar refractivity (Wildman–Crippen MR) is 133 cm³/mol. The number of hydrogen-bond donors (Lipinski definition) is 2. The van der Waals surface area contributed by atoms with Crippen LogP contribution in [-0.4, -0.2) is 41.6 Å². The van der Waals surface area contributed by atoms with Gasteiger partial charge in [0.2, 0.25) is 0 Å². The summed E-state index contributed by atoms with van der Waals surface area (Å²) < 4.78 is 10.4. The summed E-state index contributed by atoms with van der Waals surface area (Å²) in [4.78, 5) is 40.0. The van der Waals surface area contributed by atoms with Crippen LogP contribution in [0.25, 0.3) is 5.76 Å². The average molecular weight is 488 g/mol. The summed E-state index contributed by atoms with van der Waals surface area (Å²) >= 11 is 0. The highest BCUT2D eigenvalue weighted by atomic mass is 16.5. The van der Waals surface area contributed by atoms with Crippen molar-refractivity contribution < 1.29 is 34.1 Å². The molecule has 3 aromatic carbocycles. The van der Waals surface area contributed by atoms with E-state index in [0.29, 0.717) is 22.6 Å². The maximum absolute atomic E-state index is 13.3. The molecular formula is C28H25NO7. The second-order valence-corrected chi connectivity index (χ2v) is 8.23. The minimum absolute atomic E-state index is 0.00912. The number of carbonyl (C=O) groups excluding carboxylic acids is 3. The molecule has 8 nitrogen and oxygen atoms in total. The Morgan fingerprint density at radius 2 is 1.67 bits per heavy atom. The molecule has 36 heavy (non-hydrogen) atoms. The van der Waals surface area contributed by atoms with Gasteiger partial charge in [-0.15, -0.1) is 0 Å². The number of esters is 1. The van der Waals surface area contributed by atoms with Crippen molar-refractivity contribution in [1.29, 1.82) is 0 Å². The molecule has 0 bridgehead atoms. The number of phenols is 1. The number of aryl methyl sites for hydroxylation is 1. The fourth-order valence-corrected chi connectivity index (χ4v) is 4.20. The number of nitrogens with zero attached hydrogens (tertiary/aromatic N) is 1. The standard InChI is InChI=1S/C28H25NO7/c1-4-36-28(34)18-6-10-19(11-7-18)29-24(17-8-12-20(30)13-9-17)23(26(32)27(29)33)25(31)21-15-16(2)5-14-22(21)35-3/h5-15,24,30-31H,4H2,1-3H3/b25-23+. The largest absolute Gasteiger partial charge is 0.508 e. The third kappa shape index (κ3) is 4.40. The van der Waals surface area contributed by atoms with Gasteiger partial charge in [0.05, 0.1) is 36.5 Å². The van der Waals surface area contributed by atoms with Crippen molar-refractivity contribution in [2.45, 2.75) is 19.9 Å². The third-order valence-electron chi connectivity index (χ3n) is 5.92. The Balaban J connectivity index is 1.90. The number of aliphatic hydroxyl groups excluding tert-OH is 1. The molecule has 8 heteroatoms. The lowest BCUT2D eigenvalue weighted by Gasteiger charge is -2.25. The first-order valence-corrected chi connectivity index (χ1v) is 11.3. The number of aliphatic hydroxyl groups is 1. The second-order valence-electron chi connectivity index (χ2n) is 8.23. The van der Waals surface area contributed by atoms with Crippen LogP contribution in [0.2, 0.25) is 0 Å². The number of aromatic hydroxyl groups is 1. The minimum atomic E-state index is -0.996. The molecule has 0 radical (unpaired) electrons. The zero-order chi connectivity index (χ0) is 26.0. The maximum Gasteiger partial charge on any atom is 0.338 e. The molecule has 1 aliphatic heterocycles. The number of anilines is 1. The van der Waals surface area contributed by atoms with Crippen molar-refractivity contribution in [3.63, 3.8) is 0 Å². The molecule has 3 aromatic rings. The summed E-state index contributed by atoms with van der Waals surface area (Å²) in [6, 6.07) is 16.3. The molecule has 0 aliphatic carbocycles. The van der Waals surface area contributed by atoms with Crippen molar-refractivity contribution in [2.75, 3.05) is 18.6 Å². The first-order valence-electron chi connectivity index (χ1n) is 11.3. The van der Waals surface area contributed by atoms with Crippen LogP contribution in [0.4, 0.5) is 5.69 Å². The van der Waals surface area contributed by atoms with Gasteiger partial charge in [0, 0.05) is 5.69 Å². The Labute approximate surface area is 208 Å². The van der Waals surface area contributed by atoms with Crippen molar-refractivity contribution >= 4 is 29.1 Å². The van der Waals surface area contributed by atoms with Crippen LogP contribution < -0.4 is 9.64 Å². The quantitative estimate of drug-likeness (QED) is 0.228. The van der Waals surface area contributed by atoms with E-state index in [4.69, 9.17) is 9.47 Å². The fourth-order valence-electron chi connectivity index (χ4n) is 4.20. The Kier molecular flexibility index (Phi) is 6.78. The highest BCUT2D eigenvalue weighted by Crippen LogP contribution is 2.43. The Morgan fingerprint density at radius 1 is 1.00 bits per heavy atom. The van der Waals surface area contributed by atoms with Gasteiger partial charge in [-0.1, -0.05) is 23.8 Å².